The monoisotopic (exact) mass is 265 g/mol. The summed E-state index contributed by atoms with van der Waals surface area (Å²) in [6.45, 7) is 8.75. The van der Waals surface area contributed by atoms with Crippen molar-refractivity contribution in [3.8, 4) is 0 Å². The molecule has 0 amide bonds. The molecule has 2 rings (SSSR count). The standard InChI is InChI=1S/C7H11Si.C6H8N.Ti/c1-8(2)7-5-3-4-6-7;1-5-3-7-4-6(5)2;/h3,5,8H,4H2,1-2H3;3,7H,1-2H3;/q2*-1;+2. The number of hydrogen-bond acceptors (Lipinski definition) is 0. The fraction of sp³-hybridized carbons (Fsp3) is 0.385. The summed E-state index contributed by atoms with van der Waals surface area (Å²) in [6, 6.07) is 0. The second-order valence-electron chi connectivity index (χ2n) is 4.11. The van der Waals surface area contributed by atoms with E-state index in [-0.39, 0.29) is 21.7 Å². The molecule has 84 valence electrons. The number of aromatic nitrogens is 1. The van der Waals surface area contributed by atoms with Crippen LogP contribution in [-0.2, 0) is 21.7 Å². The van der Waals surface area contributed by atoms with Gasteiger partial charge >= 0.3 is 21.7 Å². The Kier molecular flexibility index (Phi) is 7.73. The fourth-order valence-electron chi connectivity index (χ4n) is 1.28. The van der Waals surface area contributed by atoms with Gasteiger partial charge in [0, 0.05) is 8.80 Å². The quantitative estimate of drug-likeness (QED) is 0.593. The van der Waals surface area contributed by atoms with Crippen LogP contribution in [0.15, 0.2) is 23.5 Å². The predicted molar refractivity (Wildman–Crippen MR) is 68.5 cm³/mol. The minimum Gasteiger partial charge on any atom is -0.484 e. The van der Waals surface area contributed by atoms with E-state index >= 15 is 0 Å². The summed E-state index contributed by atoms with van der Waals surface area (Å²) in [7, 11) is -0.504. The second-order valence-corrected chi connectivity index (χ2v) is 7.05. The number of rotatable bonds is 1. The molecule has 0 unspecified atom stereocenters. The first-order valence-electron chi connectivity index (χ1n) is 5.40. The van der Waals surface area contributed by atoms with Crippen LogP contribution in [0.1, 0.15) is 17.5 Å². The average Bonchev–Trinajstić information content (AvgIpc) is 2.80. The van der Waals surface area contributed by atoms with Gasteiger partial charge in [0.15, 0.2) is 0 Å². The zero-order valence-electron chi connectivity index (χ0n) is 10.5. The number of nitrogens with one attached hydrogen (secondary N) is 1. The maximum Gasteiger partial charge on any atom is 2.00 e. The van der Waals surface area contributed by atoms with E-state index in [2.05, 4.69) is 49.4 Å². The fourth-order valence-corrected chi connectivity index (χ4v) is 2.32. The van der Waals surface area contributed by atoms with Gasteiger partial charge in [0.05, 0.1) is 0 Å². The van der Waals surface area contributed by atoms with Crippen molar-refractivity contribution in [2.75, 3.05) is 0 Å². The Labute approximate surface area is 116 Å². The van der Waals surface area contributed by atoms with Crippen LogP contribution in [0.3, 0.4) is 0 Å². The van der Waals surface area contributed by atoms with Gasteiger partial charge in [0.1, 0.15) is 0 Å². The minimum atomic E-state index is -0.504. The van der Waals surface area contributed by atoms with E-state index in [4.69, 9.17) is 0 Å². The van der Waals surface area contributed by atoms with Gasteiger partial charge in [0.25, 0.3) is 0 Å². The SMILES string of the molecule is C[SiH](C)C1=[C-]CC=C1.Cc1[c-][nH]cc1C.[Ti+2]. The van der Waals surface area contributed by atoms with Crippen LogP contribution >= 0.6 is 0 Å². The van der Waals surface area contributed by atoms with E-state index in [9.17, 15) is 0 Å². The van der Waals surface area contributed by atoms with Crippen molar-refractivity contribution in [1.29, 1.82) is 0 Å². The van der Waals surface area contributed by atoms with Crippen molar-refractivity contribution in [2.24, 2.45) is 0 Å². The van der Waals surface area contributed by atoms with Gasteiger partial charge in [-0.1, -0.05) is 26.9 Å². The summed E-state index contributed by atoms with van der Waals surface area (Å²) in [4.78, 5) is 2.87. The molecule has 0 saturated carbocycles. The molecule has 1 heterocycles. The zero-order valence-corrected chi connectivity index (χ0v) is 13.2. The van der Waals surface area contributed by atoms with Gasteiger partial charge < -0.3 is 4.98 Å². The molecule has 1 N–H and O–H groups in total. The third-order valence-corrected chi connectivity index (χ3v) is 4.12. The normalized spacial score (nSPS) is 12.9. The summed E-state index contributed by atoms with van der Waals surface area (Å²) in [6.07, 6.45) is 13.7. The van der Waals surface area contributed by atoms with Gasteiger partial charge in [-0.05, 0) is 0 Å². The molecule has 0 bridgehead atoms. The van der Waals surface area contributed by atoms with Crippen molar-refractivity contribution in [2.45, 2.75) is 33.4 Å². The summed E-state index contributed by atoms with van der Waals surface area (Å²) in [5.74, 6) is 0. The van der Waals surface area contributed by atoms with Crippen LogP contribution in [0, 0.1) is 26.1 Å². The molecule has 1 nitrogen and oxygen atoms in total. The summed E-state index contributed by atoms with van der Waals surface area (Å²) >= 11 is 0. The molecule has 1 aromatic heterocycles. The molecule has 0 radical (unpaired) electrons. The van der Waals surface area contributed by atoms with Crippen LogP contribution in [0.5, 0.6) is 0 Å². The molecule has 16 heavy (non-hydrogen) atoms. The molecule has 1 aliphatic carbocycles. The minimum absolute atomic E-state index is 0. The molecule has 1 aliphatic rings. The Morgan fingerprint density at radius 2 is 2.00 bits per heavy atom. The van der Waals surface area contributed by atoms with Crippen molar-refractivity contribution in [3.63, 3.8) is 0 Å². The summed E-state index contributed by atoms with van der Waals surface area (Å²) in [5.41, 5.74) is 2.49. The Hall–Kier alpha value is -0.309. The van der Waals surface area contributed by atoms with Crippen molar-refractivity contribution in [3.05, 3.63) is 46.9 Å². The van der Waals surface area contributed by atoms with Crippen LogP contribution < -0.4 is 0 Å². The molecule has 0 fully saturated rings. The smallest absolute Gasteiger partial charge is 0.484 e. The van der Waals surface area contributed by atoms with Crippen molar-refractivity contribution < 1.29 is 21.7 Å². The van der Waals surface area contributed by atoms with Crippen molar-refractivity contribution in [1.82, 2.24) is 4.98 Å². The first kappa shape index (κ1) is 15.7. The number of hydrogen-bond donors (Lipinski definition) is 1. The Morgan fingerprint density at radius 3 is 2.19 bits per heavy atom. The molecule has 0 aliphatic heterocycles. The molecule has 1 aromatic rings. The number of aryl methyl sites for hydroxylation is 2. The first-order valence-corrected chi connectivity index (χ1v) is 8.29. The molecule has 0 spiro atoms. The molecule has 0 saturated heterocycles. The maximum absolute atomic E-state index is 3.32. The van der Waals surface area contributed by atoms with Crippen LogP contribution in [0.2, 0.25) is 13.1 Å². The third kappa shape index (κ3) is 5.15. The third-order valence-electron chi connectivity index (χ3n) is 2.48. The van der Waals surface area contributed by atoms with Crippen LogP contribution in [-0.4, -0.2) is 13.8 Å². The van der Waals surface area contributed by atoms with E-state index in [1.807, 2.05) is 13.1 Å². The van der Waals surface area contributed by atoms with Gasteiger partial charge in [-0.2, -0.15) is 17.2 Å². The molecule has 0 aromatic carbocycles. The summed E-state index contributed by atoms with van der Waals surface area (Å²) in [5, 5.41) is 1.50. The van der Waals surface area contributed by atoms with E-state index in [1.165, 1.54) is 16.3 Å². The van der Waals surface area contributed by atoms with Gasteiger partial charge in [-0.3, -0.25) is 6.08 Å². The van der Waals surface area contributed by atoms with Crippen LogP contribution in [0.25, 0.3) is 0 Å². The number of allylic oxidation sites excluding steroid dienone is 4. The molecular weight excluding hydrogens is 246 g/mol. The molecule has 3 heteroatoms. The van der Waals surface area contributed by atoms with Crippen molar-refractivity contribution >= 4 is 8.80 Å². The number of H-pyrrole nitrogens is 1. The van der Waals surface area contributed by atoms with Crippen LogP contribution in [0.4, 0.5) is 0 Å². The van der Waals surface area contributed by atoms with Gasteiger partial charge in [-0.25, -0.2) is 11.3 Å². The Balaban J connectivity index is 0.000000267. The largest absolute Gasteiger partial charge is 2.00 e. The van der Waals surface area contributed by atoms with E-state index < -0.39 is 8.80 Å². The first-order chi connectivity index (χ1) is 7.11. The molecular formula is C13H19NSiTi. The Bertz CT molecular complexity index is 347. The predicted octanol–water partition coefficient (Wildman–Crippen LogP) is 3.13. The van der Waals surface area contributed by atoms with E-state index in [1.54, 1.807) is 0 Å². The number of aromatic amines is 1. The zero-order chi connectivity index (χ0) is 11.3. The maximum atomic E-state index is 3.32. The average molecular weight is 265 g/mol. The Morgan fingerprint density at radius 1 is 1.31 bits per heavy atom. The van der Waals surface area contributed by atoms with Gasteiger partial charge in [-0.15, -0.1) is 18.8 Å². The van der Waals surface area contributed by atoms with E-state index in [0.717, 1.165) is 6.42 Å². The second kappa shape index (κ2) is 7.88. The molecule has 0 atom stereocenters. The summed E-state index contributed by atoms with van der Waals surface area (Å²) < 4.78 is 0. The topological polar surface area (TPSA) is 15.8 Å². The van der Waals surface area contributed by atoms with Gasteiger partial charge in [0.2, 0.25) is 0 Å². The van der Waals surface area contributed by atoms with E-state index in [0.29, 0.717) is 0 Å².